The summed E-state index contributed by atoms with van der Waals surface area (Å²) in [6.07, 6.45) is 1.29. The van der Waals surface area contributed by atoms with Crippen LogP contribution in [0.2, 0.25) is 0 Å². The maximum atomic E-state index is 11.4. The van der Waals surface area contributed by atoms with Gasteiger partial charge in [0.15, 0.2) is 5.11 Å². The van der Waals surface area contributed by atoms with Crippen molar-refractivity contribution in [3.8, 4) is 5.75 Å². The molecule has 0 saturated carbocycles. The fourth-order valence-electron chi connectivity index (χ4n) is 1.45. The van der Waals surface area contributed by atoms with Crippen molar-refractivity contribution in [3.63, 3.8) is 0 Å². The Balaban J connectivity index is 2.44. The van der Waals surface area contributed by atoms with Gasteiger partial charge in [0.1, 0.15) is 5.70 Å². The molecule has 1 aromatic rings. The summed E-state index contributed by atoms with van der Waals surface area (Å²) in [5.41, 5.74) is -0.146. The molecule has 92 valence electrons. The molecule has 2 rings (SSSR count). The number of nitrogens with zero attached hydrogens (tertiary/aromatic N) is 1. The van der Waals surface area contributed by atoms with Crippen LogP contribution in [0.4, 0.5) is 5.69 Å². The van der Waals surface area contributed by atoms with Crippen LogP contribution >= 0.6 is 12.2 Å². The number of aromatic hydroxyl groups is 1. The highest BCUT2D eigenvalue weighted by Gasteiger charge is 2.22. The lowest BCUT2D eigenvalue weighted by molar-refractivity contribution is -0.385. The first-order chi connectivity index (χ1) is 8.49. The number of nitrogens with one attached hydrogen (secondary N) is 2. The molecule has 1 saturated heterocycles. The summed E-state index contributed by atoms with van der Waals surface area (Å²) in [5, 5.41) is 25.4. The molecule has 3 N–H and O–H groups in total. The second-order valence-corrected chi connectivity index (χ2v) is 3.85. The number of nitro groups is 1. The van der Waals surface area contributed by atoms with E-state index in [1.807, 2.05) is 0 Å². The smallest absolute Gasteiger partial charge is 0.311 e. The predicted molar refractivity (Wildman–Crippen MR) is 66.6 cm³/mol. The highest BCUT2D eigenvalue weighted by molar-refractivity contribution is 7.80. The number of rotatable bonds is 2. The molecule has 0 bridgehead atoms. The van der Waals surface area contributed by atoms with E-state index in [0.29, 0.717) is 0 Å². The maximum Gasteiger partial charge on any atom is 0.311 e. The Labute approximate surface area is 106 Å². The number of benzene rings is 1. The minimum absolute atomic E-state index is 0.121. The number of hydrogen-bond donors (Lipinski definition) is 3. The first kappa shape index (κ1) is 12.0. The summed E-state index contributed by atoms with van der Waals surface area (Å²) in [6, 6.07) is 4.03. The molecule has 1 amide bonds. The van der Waals surface area contributed by atoms with Crippen LogP contribution in [0.25, 0.3) is 6.08 Å². The Kier molecular flexibility index (Phi) is 2.94. The number of thiocarbonyl (C=S) groups is 1. The minimum Gasteiger partial charge on any atom is -0.502 e. The van der Waals surface area contributed by atoms with Gasteiger partial charge in [-0.2, -0.15) is 0 Å². The lowest BCUT2D eigenvalue weighted by atomic mass is 10.1. The lowest BCUT2D eigenvalue weighted by Gasteiger charge is -2.01. The van der Waals surface area contributed by atoms with Gasteiger partial charge in [-0.3, -0.25) is 20.2 Å². The van der Waals surface area contributed by atoms with Gasteiger partial charge in [0, 0.05) is 11.6 Å². The highest BCUT2D eigenvalue weighted by Crippen LogP contribution is 2.30. The van der Waals surface area contributed by atoms with E-state index < -0.39 is 22.3 Å². The van der Waals surface area contributed by atoms with E-state index in [2.05, 4.69) is 10.6 Å². The number of amides is 1. The van der Waals surface area contributed by atoms with E-state index in [9.17, 15) is 20.0 Å². The number of hydrogen-bond acceptors (Lipinski definition) is 5. The molecule has 8 heteroatoms. The topological polar surface area (TPSA) is 104 Å². The third-order valence-electron chi connectivity index (χ3n) is 2.26. The lowest BCUT2D eigenvalue weighted by Crippen LogP contribution is -2.21. The second kappa shape index (κ2) is 4.41. The van der Waals surface area contributed by atoms with Crippen molar-refractivity contribution in [3.05, 3.63) is 39.6 Å². The Morgan fingerprint density at radius 2 is 2.11 bits per heavy atom. The quantitative estimate of drug-likeness (QED) is 0.314. The number of carbonyl (C=O) groups excluding carboxylic acids is 1. The summed E-state index contributed by atoms with van der Waals surface area (Å²) in [7, 11) is 0. The minimum atomic E-state index is -0.704. The molecule has 1 heterocycles. The van der Waals surface area contributed by atoms with Crippen LogP contribution in [0.3, 0.4) is 0 Å². The van der Waals surface area contributed by atoms with Crippen LogP contribution in [0.5, 0.6) is 5.75 Å². The van der Waals surface area contributed by atoms with Gasteiger partial charge in [-0.15, -0.1) is 0 Å². The standard InChI is InChI=1S/C10H7N3O4S/c14-8-5(2-1-3-7(8)13(16)17)4-6-9(15)12-10(18)11-6/h1-4,14H,(H2,11,12,15,18). The van der Waals surface area contributed by atoms with E-state index in [-0.39, 0.29) is 16.4 Å². The average molecular weight is 265 g/mol. The average Bonchev–Trinajstić information content (AvgIpc) is 2.60. The van der Waals surface area contributed by atoms with Crippen molar-refractivity contribution < 1.29 is 14.8 Å². The van der Waals surface area contributed by atoms with E-state index in [1.54, 1.807) is 0 Å². The number of phenolic OH excluding ortho intramolecular Hbond substituents is 1. The van der Waals surface area contributed by atoms with Gasteiger partial charge in [0.05, 0.1) is 4.92 Å². The molecule has 0 spiro atoms. The van der Waals surface area contributed by atoms with Gasteiger partial charge in [0.2, 0.25) is 5.75 Å². The van der Waals surface area contributed by atoms with Crippen molar-refractivity contribution in [1.82, 2.24) is 10.6 Å². The first-order valence-electron chi connectivity index (χ1n) is 4.79. The van der Waals surface area contributed by atoms with Gasteiger partial charge in [-0.05, 0) is 18.3 Å². The SMILES string of the molecule is O=C1NC(=S)NC1=Cc1cccc([N+](=O)[O-])c1O. The van der Waals surface area contributed by atoms with Crippen LogP contribution in [-0.2, 0) is 4.79 Å². The van der Waals surface area contributed by atoms with Gasteiger partial charge in [0.25, 0.3) is 5.91 Å². The zero-order valence-electron chi connectivity index (χ0n) is 8.84. The molecule has 18 heavy (non-hydrogen) atoms. The number of phenols is 1. The predicted octanol–water partition coefficient (Wildman–Crippen LogP) is 0.646. The summed E-state index contributed by atoms with van der Waals surface area (Å²) in [5.74, 6) is -0.951. The summed E-state index contributed by atoms with van der Waals surface area (Å²) in [6.45, 7) is 0. The monoisotopic (exact) mass is 265 g/mol. The fourth-order valence-corrected chi connectivity index (χ4v) is 1.65. The Morgan fingerprint density at radius 1 is 1.39 bits per heavy atom. The van der Waals surface area contributed by atoms with Crippen molar-refractivity contribution in [2.75, 3.05) is 0 Å². The molecule has 7 nitrogen and oxygen atoms in total. The number of para-hydroxylation sites is 1. The Morgan fingerprint density at radius 3 is 2.67 bits per heavy atom. The van der Waals surface area contributed by atoms with Crippen LogP contribution in [-0.4, -0.2) is 21.0 Å². The molecule has 0 aliphatic carbocycles. The molecule has 0 aromatic heterocycles. The molecule has 1 fully saturated rings. The number of nitro benzene ring substituents is 1. The summed E-state index contributed by atoms with van der Waals surface area (Å²) < 4.78 is 0. The van der Waals surface area contributed by atoms with Crippen LogP contribution < -0.4 is 10.6 Å². The molecular weight excluding hydrogens is 258 g/mol. The molecule has 0 radical (unpaired) electrons. The molecule has 1 aromatic carbocycles. The van der Waals surface area contributed by atoms with Crippen LogP contribution in [0.1, 0.15) is 5.56 Å². The highest BCUT2D eigenvalue weighted by atomic mass is 32.1. The van der Waals surface area contributed by atoms with E-state index in [4.69, 9.17) is 12.2 Å². The van der Waals surface area contributed by atoms with Crippen molar-refractivity contribution in [2.24, 2.45) is 0 Å². The molecule has 0 atom stereocenters. The Hall–Kier alpha value is -2.48. The zero-order valence-corrected chi connectivity index (χ0v) is 9.65. The molecular formula is C10H7N3O4S. The molecule has 1 aliphatic rings. The number of carbonyl (C=O) groups is 1. The van der Waals surface area contributed by atoms with Gasteiger partial charge in [-0.1, -0.05) is 12.1 Å². The van der Waals surface area contributed by atoms with Crippen LogP contribution in [0, 0.1) is 10.1 Å². The summed E-state index contributed by atoms with van der Waals surface area (Å²) in [4.78, 5) is 21.3. The zero-order chi connectivity index (χ0) is 13.3. The van der Waals surface area contributed by atoms with E-state index >= 15 is 0 Å². The normalized spacial score (nSPS) is 16.6. The second-order valence-electron chi connectivity index (χ2n) is 3.44. The van der Waals surface area contributed by atoms with Gasteiger partial charge >= 0.3 is 5.69 Å². The fraction of sp³-hybridized carbons (Fsp3) is 0. The third kappa shape index (κ3) is 2.13. The third-order valence-corrected chi connectivity index (χ3v) is 2.47. The first-order valence-corrected chi connectivity index (χ1v) is 5.20. The van der Waals surface area contributed by atoms with Crippen molar-refractivity contribution >= 4 is 35.0 Å². The molecule has 0 unspecified atom stereocenters. The van der Waals surface area contributed by atoms with Crippen molar-refractivity contribution in [2.45, 2.75) is 0 Å². The Bertz CT molecular complexity index is 597. The largest absolute Gasteiger partial charge is 0.502 e. The molecule has 1 aliphatic heterocycles. The van der Waals surface area contributed by atoms with Gasteiger partial charge < -0.3 is 10.4 Å². The van der Waals surface area contributed by atoms with E-state index in [0.717, 1.165) is 0 Å². The van der Waals surface area contributed by atoms with Crippen LogP contribution in [0.15, 0.2) is 23.9 Å². The van der Waals surface area contributed by atoms with E-state index in [1.165, 1.54) is 24.3 Å². The summed E-state index contributed by atoms with van der Waals surface area (Å²) >= 11 is 4.73. The van der Waals surface area contributed by atoms with Crippen molar-refractivity contribution in [1.29, 1.82) is 0 Å². The maximum absolute atomic E-state index is 11.4. The van der Waals surface area contributed by atoms with Gasteiger partial charge in [-0.25, -0.2) is 0 Å².